The fourth-order valence-corrected chi connectivity index (χ4v) is 2.56. The van der Waals surface area contributed by atoms with E-state index in [9.17, 15) is 18.0 Å². The minimum Gasteiger partial charge on any atom is -0.322 e. The lowest BCUT2D eigenvalue weighted by atomic mass is 10.1. The summed E-state index contributed by atoms with van der Waals surface area (Å²) in [5, 5.41) is 2.65. The molecule has 2 rings (SSSR count). The molecule has 0 spiro atoms. The quantitative estimate of drug-likeness (QED) is 0.823. The van der Waals surface area contributed by atoms with Crippen LogP contribution in [0.5, 0.6) is 0 Å². The lowest BCUT2D eigenvalue weighted by molar-refractivity contribution is 0.101. The minimum absolute atomic E-state index is 0.111. The Morgan fingerprint density at radius 3 is 2.35 bits per heavy atom. The Hall–Kier alpha value is -2.67. The van der Waals surface area contributed by atoms with Crippen molar-refractivity contribution < 1.29 is 18.0 Å². The number of carbonyl (C=O) groups excluding carboxylic acids is 2. The van der Waals surface area contributed by atoms with Gasteiger partial charge in [0.25, 0.3) is 5.91 Å². The van der Waals surface area contributed by atoms with E-state index in [0.717, 1.165) is 6.26 Å². The van der Waals surface area contributed by atoms with Crippen LogP contribution in [-0.2, 0) is 10.0 Å². The van der Waals surface area contributed by atoms with Crippen molar-refractivity contribution in [3.8, 4) is 0 Å². The molecule has 2 aromatic carbocycles. The van der Waals surface area contributed by atoms with E-state index < -0.39 is 15.9 Å². The van der Waals surface area contributed by atoms with E-state index in [4.69, 9.17) is 0 Å². The molecule has 6 nitrogen and oxygen atoms in total. The molecular formula is C16H16N2O4S. The van der Waals surface area contributed by atoms with E-state index >= 15 is 0 Å². The molecule has 0 saturated heterocycles. The maximum absolute atomic E-state index is 12.4. The number of ketones is 1. The Balaban J connectivity index is 2.28. The van der Waals surface area contributed by atoms with Crippen molar-refractivity contribution in [3.63, 3.8) is 0 Å². The summed E-state index contributed by atoms with van der Waals surface area (Å²) in [5.74, 6) is -0.585. The van der Waals surface area contributed by atoms with E-state index in [1.807, 2.05) is 0 Å². The summed E-state index contributed by atoms with van der Waals surface area (Å²) in [6.07, 6.45) is 1.01. The van der Waals surface area contributed by atoms with Crippen molar-refractivity contribution in [3.05, 3.63) is 59.7 Å². The number of Topliss-reactive ketones (excluding diaryl/α,β-unsaturated/α-hetero) is 1. The van der Waals surface area contributed by atoms with Gasteiger partial charge >= 0.3 is 0 Å². The second kappa shape index (κ2) is 6.62. The molecule has 1 amide bonds. The van der Waals surface area contributed by atoms with E-state index in [2.05, 4.69) is 10.0 Å². The summed E-state index contributed by atoms with van der Waals surface area (Å²) in [5.41, 5.74) is 1.31. The van der Waals surface area contributed by atoms with Crippen molar-refractivity contribution >= 4 is 33.1 Å². The Labute approximate surface area is 134 Å². The summed E-state index contributed by atoms with van der Waals surface area (Å²) in [6, 6.07) is 12.8. The normalized spacial score (nSPS) is 10.9. The Bertz CT molecular complexity index is 860. The number of hydrogen-bond donors (Lipinski definition) is 2. The number of rotatable bonds is 5. The minimum atomic E-state index is -3.50. The topological polar surface area (TPSA) is 92.3 Å². The maximum atomic E-state index is 12.4. The zero-order valence-electron chi connectivity index (χ0n) is 12.7. The van der Waals surface area contributed by atoms with Crippen LogP contribution in [0, 0.1) is 0 Å². The van der Waals surface area contributed by atoms with Crippen LogP contribution in [0.15, 0.2) is 48.5 Å². The van der Waals surface area contributed by atoms with Crippen LogP contribution in [0.3, 0.4) is 0 Å². The van der Waals surface area contributed by atoms with Crippen LogP contribution in [0.1, 0.15) is 27.6 Å². The van der Waals surface area contributed by atoms with Gasteiger partial charge in [0, 0.05) is 11.3 Å². The lowest BCUT2D eigenvalue weighted by Crippen LogP contribution is -2.17. The van der Waals surface area contributed by atoms with Crippen molar-refractivity contribution in [2.75, 3.05) is 16.3 Å². The average Bonchev–Trinajstić information content (AvgIpc) is 2.46. The molecule has 0 bridgehead atoms. The summed E-state index contributed by atoms with van der Waals surface area (Å²) >= 11 is 0. The Morgan fingerprint density at radius 1 is 1.00 bits per heavy atom. The molecule has 0 atom stereocenters. The molecule has 7 heteroatoms. The van der Waals surface area contributed by atoms with Gasteiger partial charge in [0.05, 0.1) is 17.5 Å². The first-order valence-corrected chi connectivity index (χ1v) is 8.64. The van der Waals surface area contributed by atoms with E-state index in [0.29, 0.717) is 11.3 Å². The first kappa shape index (κ1) is 16.7. The summed E-state index contributed by atoms with van der Waals surface area (Å²) in [7, 11) is -3.50. The molecule has 0 aliphatic heterocycles. The molecule has 0 heterocycles. The van der Waals surface area contributed by atoms with Crippen LogP contribution in [0.4, 0.5) is 11.4 Å². The molecule has 0 unspecified atom stereocenters. The second-order valence-corrected chi connectivity index (χ2v) is 6.76. The largest absolute Gasteiger partial charge is 0.322 e. The predicted octanol–water partition coefficient (Wildman–Crippen LogP) is 2.51. The third-order valence-electron chi connectivity index (χ3n) is 2.99. The third kappa shape index (κ3) is 4.65. The highest BCUT2D eigenvalue weighted by Crippen LogP contribution is 2.19. The summed E-state index contributed by atoms with van der Waals surface area (Å²) in [6.45, 7) is 1.44. The summed E-state index contributed by atoms with van der Waals surface area (Å²) < 4.78 is 25.0. The van der Waals surface area contributed by atoms with E-state index in [1.54, 1.807) is 36.4 Å². The first-order valence-electron chi connectivity index (χ1n) is 6.75. The van der Waals surface area contributed by atoms with E-state index in [1.165, 1.54) is 19.1 Å². The van der Waals surface area contributed by atoms with Gasteiger partial charge in [-0.1, -0.05) is 24.3 Å². The fraction of sp³-hybridized carbons (Fsp3) is 0.125. The number of sulfonamides is 1. The first-order chi connectivity index (χ1) is 10.8. The van der Waals surface area contributed by atoms with Crippen LogP contribution >= 0.6 is 0 Å². The Kier molecular flexibility index (Phi) is 4.80. The molecular weight excluding hydrogens is 316 g/mol. The average molecular weight is 332 g/mol. The molecule has 120 valence electrons. The maximum Gasteiger partial charge on any atom is 0.257 e. The number of para-hydroxylation sites is 1. The van der Waals surface area contributed by atoms with Gasteiger partial charge in [-0.05, 0) is 31.2 Å². The third-order valence-corrected chi connectivity index (χ3v) is 3.58. The van der Waals surface area contributed by atoms with Gasteiger partial charge in [-0.25, -0.2) is 8.42 Å². The van der Waals surface area contributed by atoms with Crippen molar-refractivity contribution in [2.24, 2.45) is 0 Å². The Morgan fingerprint density at radius 2 is 1.70 bits per heavy atom. The van der Waals surface area contributed by atoms with Gasteiger partial charge in [0.15, 0.2) is 5.78 Å². The van der Waals surface area contributed by atoms with Gasteiger partial charge < -0.3 is 5.32 Å². The zero-order valence-corrected chi connectivity index (χ0v) is 13.5. The monoisotopic (exact) mass is 332 g/mol. The lowest BCUT2D eigenvalue weighted by Gasteiger charge is -2.11. The predicted molar refractivity (Wildman–Crippen MR) is 89.3 cm³/mol. The number of benzene rings is 2. The molecule has 23 heavy (non-hydrogen) atoms. The van der Waals surface area contributed by atoms with Crippen LogP contribution < -0.4 is 10.0 Å². The SMILES string of the molecule is CC(=O)c1cccc(NC(=O)c2ccccc2NS(C)(=O)=O)c1. The molecule has 0 radical (unpaired) electrons. The van der Waals surface area contributed by atoms with Crippen molar-refractivity contribution in [2.45, 2.75) is 6.92 Å². The van der Waals surface area contributed by atoms with E-state index in [-0.39, 0.29) is 17.0 Å². The van der Waals surface area contributed by atoms with Gasteiger partial charge in [0.1, 0.15) is 0 Å². The molecule has 0 aliphatic rings. The highest BCUT2D eigenvalue weighted by atomic mass is 32.2. The number of nitrogens with one attached hydrogen (secondary N) is 2. The van der Waals surface area contributed by atoms with Gasteiger partial charge in [0.2, 0.25) is 10.0 Å². The number of carbonyl (C=O) groups is 2. The second-order valence-electron chi connectivity index (χ2n) is 5.01. The number of amides is 1. The molecule has 2 N–H and O–H groups in total. The highest BCUT2D eigenvalue weighted by molar-refractivity contribution is 7.92. The molecule has 2 aromatic rings. The van der Waals surface area contributed by atoms with Gasteiger partial charge in [-0.3, -0.25) is 14.3 Å². The fourth-order valence-electron chi connectivity index (χ4n) is 1.98. The van der Waals surface area contributed by atoms with Crippen LogP contribution in [0.2, 0.25) is 0 Å². The van der Waals surface area contributed by atoms with Crippen LogP contribution in [-0.4, -0.2) is 26.4 Å². The van der Waals surface area contributed by atoms with Crippen LogP contribution in [0.25, 0.3) is 0 Å². The molecule has 0 aromatic heterocycles. The number of anilines is 2. The highest BCUT2D eigenvalue weighted by Gasteiger charge is 2.14. The van der Waals surface area contributed by atoms with Gasteiger partial charge in [-0.15, -0.1) is 0 Å². The molecule has 0 fully saturated rings. The van der Waals surface area contributed by atoms with Gasteiger partial charge in [-0.2, -0.15) is 0 Å². The van der Waals surface area contributed by atoms with Crippen molar-refractivity contribution in [1.82, 2.24) is 0 Å². The van der Waals surface area contributed by atoms with Crippen molar-refractivity contribution in [1.29, 1.82) is 0 Å². The molecule has 0 saturated carbocycles. The zero-order chi connectivity index (χ0) is 17.0. The molecule has 0 aliphatic carbocycles. The smallest absolute Gasteiger partial charge is 0.257 e. The standard InChI is InChI=1S/C16H16N2O4S/c1-11(19)12-6-5-7-13(10-12)17-16(20)14-8-3-4-9-15(14)18-23(2,21)22/h3-10,18H,1-2H3,(H,17,20). The number of hydrogen-bond acceptors (Lipinski definition) is 4. The summed E-state index contributed by atoms with van der Waals surface area (Å²) in [4.78, 5) is 23.7.